The van der Waals surface area contributed by atoms with Crippen molar-refractivity contribution in [3.63, 3.8) is 0 Å². The number of benzene rings is 4. The van der Waals surface area contributed by atoms with Gasteiger partial charge in [-0.3, -0.25) is 9.97 Å². The minimum Gasteiger partial charge on any atom is -0.352 e. The molecule has 0 unspecified atom stereocenters. The molecular weight excluding hydrogens is 1020 g/mol. The van der Waals surface area contributed by atoms with Crippen LogP contribution in [-0.4, -0.2) is 53.6 Å². The van der Waals surface area contributed by atoms with Crippen LogP contribution in [0.2, 0.25) is 0 Å². The molecule has 0 saturated carbocycles. The molecule has 6 N–H and O–H groups in total. The molecule has 392 valence electrons. The molecular formula is C54H64N8O8S4. The molecule has 8 bridgehead atoms. The minimum atomic E-state index is -3.98. The smallest absolute Gasteiger partial charge is 0.243 e. The predicted molar refractivity (Wildman–Crippen MR) is 291 cm³/mol. The lowest BCUT2D eigenvalue weighted by Crippen LogP contribution is -2.26. The number of fused-ring (bicyclic) bond motifs is 6. The summed E-state index contributed by atoms with van der Waals surface area (Å²) < 4.78 is 120. The Morgan fingerprint density at radius 3 is 0.730 bits per heavy atom. The first-order valence-corrected chi connectivity index (χ1v) is 30.2. The Balaban J connectivity index is 0.000000182. The lowest BCUT2D eigenvalue weighted by Gasteiger charge is -2.21. The normalized spacial score (nSPS) is 17.9. The highest BCUT2D eigenvalue weighted by Crippen LogP contribution is 2.42. The third-order valence-electron chi connectivity index (χ3n) is 13.6. The number of aromatic amines is 2. The molecule has 16 nitrogen and oxygen atoms in total. The fourth-order valence-corrected chi connectivity index (χ4v) is 13.9. The molecule has 2 aliphatic rings. The topological polar surface area (TPSA) is 242 Å². The Hall–Kier alpha value is -5.58. The van der Waals surface area contributed by atoms with Crippen molar-refractivity contribution in [1.29, 1.82) is 0 Å². The third kappa shape index (κ3) is 10.3. The lowest BCUT2D eigenvalue weighted by atomic mass is 9.85. The number of nitrogens with one attached hydrogen (secondary N) is 6. The Kier molecular flexibility index (Phi) is 13.0. The van der Waals surface area contributed by atoms with Gasteiger partial charge in [0, 0.05) is 21.5 Å². The van der Waals surface area contributed by atoms with Gasteiger partial charge in [0.2, 0.25) is 40.1 Å². The van der Waals surface area contributed by atoms with Crippen molar-refractivity contribution < 1.29 is 33.7 Å². The molecule has 8 aromatic rings. The standard InChI is InChI=1S/2C27H32N4O4S2/c2*1-26(2,3)16-10-20-21-11-17(27(4,5)6)13-23-25(21)31-24(20)22(12-16)36(32,33)28-14-18-8-7-9-19(30-18)15-29-37(23,34)35/h2*7-13,28-29,31H,14-15H2,1-6H3. The van der Waals surface area contributed by atoms with Crippen LogP contribution in [-0.2, 0) is 87.9 Å². The van der Waals surface area contributed by atoms with E-state index in [0.717, 1.165) is 22.3 Å². The van der Waals surface area contributed by atoms with Crippen LogP contribution in [0.25, 0.3) is 43.6 Å². The van der Waals surface area contributed by atoms with Gasteiger partial charge in [-0.2, -0.15) is 0 Å². The van der Waals surface area contributed by atoms with Crippen molar-refractivity contribution >= 4 is 83.7 Å². The van der Waals surface area contributed by atoms with Gasteiger partial charge < -0.3 is 9.97 Å². The molecule has 0 saturated heterocycles. The van der Waals surface area contributed by atoms with E-state index in [1.165, 1.54) is 0 Å². The highest BCUT2D eigenvalue weighted by atomic mass is 32.2. The second-order valence-corrected chi connectivity index (χ2v) is 30.3. The van der Waals surface area contributed by atoms with Crippen molar-refractivity contribution in [3.8, 4) is 0 Å². The summed E-state index contributed by atoms with van der Waals surface area (Å²) in [5.74, 6) is 0. The van der Waals surface area contributed by atoms with Crippen LogP contribution in [0.3, 0.4) is 0 Å². The van der Waals surface area contributed by atoms with Crippen molar-refractivity contribution in [2.75, 3.05) is 0 Å². The number of hydrogen-bond donors (Lipinski definition) is 6. The molecule has 20 heteroatoms. The molecule has 0 aliphatic carbocycles. The van der Waals surface area contributed by atoms with E-state index < -0.39 is 40.1 Å². The number of aromatic nitrogens is 4. The van der Waals surface area contributed by atoms with E-state index in [9.17, 15) is 33.7 Å². The number of nitrogens with zero attached hydrogens (tertiary/aromatic N) is 2. The Morgan fingerprint density at radius 2 is 0.541 bits per heavy atom. The maximum absolute atomic E-state index is 13.7. The van der Waals surface area contributed by atoms with Crippen LogP contribution in [0.1, 0.15) is 128 Å². The van der Waals surface area contributed by atoms with Crippen molar-refractivity contribution in [2.45, 2.75) is 151 Å². The maximum atomic E-state index is 13.7. The third-order valence-corrected chi connectivity index (χ3v) is 19.3. The SMILES string of the molecule is CC(C)(C)c1cc2c3[nH]c4c(cc(C(C)(C)C)cc4c3c1)S(=O)(=O)NCc1cccc(n1)CNS2(=O)=O.CC(C)(C)c1cc2c3[nH]c4c(cc(C(C)(C)C)cc4c3c1)S(=O)(=O)NCc1cccc(n1)CNS2(=O)=O. The average Bonchev–Trinajstić information content (AvgIpc) is 3.87. The van der Waals surface area contributed by atoms with Crippen LogP contribution in [0.5, 0.6) is 0 Å². The van der Waals surface area contributed by atoms with E-state index >= 15 is 0 Å². The summed E-state index contributed by atoms with van der Waals surface area (Å²) in [6, 6.07) is 24.8. The van der Waals surface area contributed by atoms with E-state index in [-0.39, 0.29) is 67.4 Å². The molecule has 0 fully saturated rings. The Bertz CT molecular complexity index is 3560. The molecule has 10 rings (SSSR count). The first-order valence-electron chi connectivity index (χ1n) is 24.3. The monoisotopic (exact) mass is 1080 g/mol. The quantitative estimate of drug-likeness (QED) is 0.0841. The van der Waals surface area contributed by atoms with Crippen molar-refractivity contribution in [1.82, 2.24) is 38.8 Å². The van der Waals surface area contributed by atoms with Gasteiger partial charge in [0.05, 0.1) is 71.0 Å². The first-order chi connectivity index (χ1) is 34.1. The summed E-state index contributed by atoms with van der Waals surface area (Å²) in [7, 11) is -15.9. The highest BCUT2D eigenvalue weighted by Gasteiger charge is 2.32. The minimum absolute atomic E-state index is 0.0240. The average molecular weight is 1080 g/mol. The van der Waals surface area contributed by atoms with Crippen LogP contribution in [0.15, 0.2) is 105 Å². The van der Waals surface area contributed by atoms with Crippen LogP contribution in [0.4, 0.5) is 0 Å². The summed E-state index contributed by atoms with van der Waals surface area (Å²) in [5.41, 5.74) is 5.37. The van der Waals surface area contributed by atoms with E-state index in [1.807, 2.05) is 107 Å². The van der Waals surface area contributed by atoms with E-state index in [4.69, 9.17) is 0 Å². The van der Waals surface area contributed by atoms with E-state index in [2.05, 4.69) is 38.8 Å². The van der Waals surface area contributed by atoms with Gasteiger partial charge in [0.1, 0.15) is 19.6 Å². The van der Waals surface area contributed by atoms with Gasteiger partial charge >= 0.3 is 0 Å². The summed E-state index contributed by atoms with van der Waals surface area (Å²) in [6.07, 6.45) is 0. The van der Waals surface area contributed by atoms with Gasteiger partial charge in [-0.1, -0.05) is 95.2 Å². The van der Waals surface area contributed by atoms with Crippen LogP contribution < -0.4 is 18.9 Å². The molecule has 0 radical (unpaired) electrons. The largest absolute Gasteiger partial charge is 0.352 e. The number of H-pyrrole nitrogens is 2. The molecule has 0 atom stereocenters. The second kappa shape index (κ2) is 18.0. The molecule has 0 spiro atoms. The zero-order chi connectivity index (χ0) is 53.9. The fourth-order valence-electron chi connectivity index (χ4n) is 9.10. The number of pyridine rings is 2. The van der Waals surface area contributed by atoms with Gasteiger partial charge in [0.25, 0.3) is 0 Å². The zero-order valence-electron chi connectivity index (χ0n) is 43.7. The molecule has 74 heavy (non-hydrogen) atoms. The summed E-state index contributed by atoms with van der Waals surface area (Å²) in [6.45, 7) is 24.1. The zero-order valence-corrected chi connectivity index (χ0v) is 47.0. The summed E-state index contributed by atoms with van der Waals surface area (Å²) in [4.78, 5) is 15.6. The second-order valence-electron chi connectivity index (χ2n) is 23.4. The highest BCUT2D eigenvalue weighted by molar-refractivity contribution is 7.90. The molecule has 4 aromatic carbocycles. The summed E-state index contributed by atoms with van der Waals surface area (Å²) >= 11 is 0. The van der Waals surface area contributed by atoms with Crippen molar-refractivity contribution in [2.24, 2.45) is 0 Å². The molecule has 2 aliphatic heterocycles. The van der Waals surface area contributed by atoms with E-state index in [1.54, 1.807) is 60.7 Å². The van der Waals surface area contributed by atoms with Gasteiger partial charge in [-0.15, -0.1) is 0 Å². The van der Waals surface area contributed by atoms with Gasteiger partial charge in [0.15, 0.2) is 0 Å². The number of sulfonamides is 4. The molecule has 6 heterocycles. The van der Waals surface area contributed by atoms with Crippen LogP contribution in [0, 0.1) is 0 Å². The van der Waals surface area contributed by atoms with Crippen LogP contribution >= 0.6 is 0 Å². The Morgan fingerprint density at radius 1 is 0.338 bits per heavy atom. The molecule has 4 aromatic heterocycles. The lowest BCUT2D eigenvalue weighted by molar-refractivity contribution is 0.573. The number of hydrogen-bond acceptors (Lipinski definition) is 10. The fraction of sp³-hybridized carbons (Fsp3) is 0.370. The van der Waals surface area contributed by atoms with Crippen molar-refractivity contribution in [3.05, 3.63) is 130 Å². The maximum Gasteiger partial charge on any atom is 0.243 e. The molecule has 0 amide bonds. The Labute approximate surface area is 434 Å². The predicted octanol–water partition coefficient (Wildman–Crippen LogP) is 9.16. The van der Waals surface area contributed by atoms with Gasteiger partial charge in [-0.05, 0) is 117 Å². The first kappa shape index (κ1) is 53.3. The van der Waals surface area contributed by atoms with Gasteiger partial charge in [-0.25, -0.2) is 52.6 Å². The summed E-state index contributed by atoms with van der Waals surface area (Å²) in [5, 5.41) is 2.66. The number of rotatable bonds is 0. The van der Waals surface area contributed by atoms with E-state index in [0.29, 0.717) is 66.4 Å².